The zero-order valence-corrected chi connectivity index (χ0v) is 39.2. The molecular weight excluding hydrogens is 833 g/mol. The van der Waals surface area contributed by atoms with Gasteiger partial charge in [0, 0.05) is 11.3 Å². The summed E-state index contributed by atoms with van der Waals surface area (Å²) in [5, 5.41) is 86.7. The maximum Gasteiger partial charge on any atom is 0.312 e. The van der Waals surface area contributed by atoms with Crippen LogP contribution in [0.15, 0.2) is 0 Å². The molecule has 2 bridgehead atoms. The first-order chi connectivity index (χ1) is 29.9. The number of rotatable bonds is 7. The molecule has 4 saturated heterocycles. The molecule has 366 valence electrons. The van der Waals surface area contributed by atoms with E-state index in [2.05, 4.69) is 48.5 Å². The van der Waals surface area contributed by atoms with Gasteiger partial charge >= 0.3 is 5.97 Å². The second-order valence-electron chi connectivity index (χ2n) is 23.9. The first-order valence-corrected chi connectivity index (χ1v) is 24.4. The summed E-state index contributed by atoms with van der Waals surface area (Å²) in [7, 11) is 0. The number of hydrogen-bond acceptors (Lipinski definition) is 16. The lowest BCUT2D eigenvalue weighted by atomic mass is 9.31. The van der Waals surface area contributed by atoms with Crippen LogP contribution in [-0.4, -0.2) is 158 Å². The van der Waals surface area contributed by atoms with Crippen molar-refractivity contribution >= 4 is 5.97 Å². The van der Waals surface area contributed by atoms with E-state index in [1.54, 1.807) is 0 Å². The molecule has 5 aliphatic carbocycles. The van der Waals surface area contributed by atoms with Crippen molar-refractivity contribution in [2.45, 2.75) is 231 Å². The molecule has 64 heavy (non-hydrogen) atoms. The van der Waals surface area contributed by atoms with Crippen LogP contribution in [0, 0.1) is 56.2 Å². The van der Waals surface area contributed by atoms with E-state index < -0.39 is 110 Å². The third kappa shape index (κ3) is 6.83. The van der Waals surface area contributed by atoms with Crippen LogP contribution in [0.25, 0.3) is 0 Å². The molecule has 0 radical (unpaired) electrons. The molecule has 16 nitrogen and oxygen atoms in total. The Labute approximate surface area is 377 Å². The molecule has 9 fully saturated rings. The number of ether oxygens (including phenoxy) is 7. The average molecular weight is 911 g/mol. The van der Waals surface area contributed by atoms with Crippen LogP contribution in [0.1, 0.15) is 127 Å². The van der Waals surface area contributed by atoms with Gasteiger partial charge in [-0.2, -0.15) is 0 Å². The Morgan fingerprint density at radius 1 is 0.578 bits per heavy atom. The van der Waals surface area contributed by atoms with Gasteiger partial charge in [0.2, 0.25) is 0 Å². The van der Waals surface area contributed by atoms with Gasteiger partial charge in [0.1, 0.15) is 67.1 Å². The van der Waals surface area contributed by atoms with Crippen LogP contribution in [0.2, 0.25) is 0 Å². The quantitative estimate of drug-likeness (QED) is 0.135. The fourth-order valence-corrected chi connectivity index (χ4v) is 16.2. The number of aliphatic hydroxyl groups excluding tert-OH is 8. The topological polar surface area (TPSA) is 244 Å². The van der Waals surface area contributed by atoms with Crippen molar-refractivity contribution in [3.63, 3.8) is 0 Å². The van der Waals surface area contributed by atoms with Gasteiger partial charge in [0.05, 0.1) is 30.3 Å². The van der Waals surface area contributed by atoms with E-state index in [-0.39, 0.29) is 51.0 Å². The predicted molar refractivity (Wildman–Crippen MR) is 225 cm³/mol. The average Bonchev–Trinajstić information content (AvgIpc) is 3.50. The van der Waals surface area contributed by atoms with Crippen LogP contribution < -0.4 is 0 Å². The van der Waals surface area contributed by atoms with Gasteiger partial charge in [-0.1, -0.05) is 48.5 Å². The van der Waals surface area contributed by atoms with Crippen molar-refractivity contribution in [1.82, 2.24) is 0 Å². The molecule has 9 aliphatic rings. The Balaban J connectivity index is 0.971. The van der Waals surface area contributed by atoms with Gasteiger partial charge < -0.3 is 74.0 Å². The summed E-state index contributed by atoms with van der Waals surface area (Å²) < 4.78 is 43.6. The standard InChI is InChI=1S/C48H78O16/c1-21-29(50)31(52)33(54)39(58-21)62-36-24(20-49)60-41(37(35(36)56)63-40-34(55)32(53)30(51)22(2)59-40)61-27-13-14-45(7)25(44(27,5)6)12-15-47(9)26(45)11-10-23-28-38-43(3,4)16-18-48(28,42(57)64-38)19-17-46(23,47)8/h21-41,49-56H,10-20H2,1-9H3/t21-,22-,23?,24+,25?,26?,27-,28?,29-,30-,31+,32+,33+,34+,35-,36+,37+,38+,39+,40-,41-,45-,46+,47+,48-/m0/s1. The molecule has 0 aromatic carbocycles. The van der Waals surface area contributed by atoms with Crippen LogP contribution in [0.5, 0.6) is 0 Å². The maximum atomic E-state index is 13.7. The largest absolute Gasteiger partial charge is 0.461 e. The van der Waals surface area contributed by atoms with Gasteiger partial charge in [-0.3, -0.25) is 4.79 Å². The minimum Gasteiger partial charge on any atom is -0.461 e. The number of aliphatic hydroxyl groups is 8. The fourth-order valence-electron chi connectivity index (χ4n) is 16.2. The predicted octanol–water partition coefficient (Wildman–Crippen LogP) is 2.29. The van der Waals surface area contributed by atoms with E-state index in [4.69, 9.17) is 33.2 Å². The summed E-state index contributed by atoms with van der Waals surface area (Å²) in [4.78, 5) is 13.7. The fraction of sp³-hybridized carbons (Fsp3) is 0.979. The van der Waals surface area contributed by atoms with Crippen LogP contribution >= 0.6 is 0 Å². The summed E-state index contributed by atoms with van der Waals surface area (Å²) in [6.45, 7) is 19.0. The Hall–Kier alpha value is -1.09. The summed E-state index contributed by atoms with van der Waals surface area (Å²) in [5.74, 6) is 1.40. The highest BCUT2D eigenvalue weighted by Gasteiger charge is 2.75. The molecule has 0 aromatic rings. The van der Waals surface area contributed by atoms with Crippen molar-refractivity contribution in [2.75, 3.05) is 6.61 Å². The van der Waals surface area contributed by atoms with Crippen LogP contribution in [0.3, 0.4) is 0 Å². The van der Waals surface area contributed by atoms with E-state index in [0.717, 1.165) is 57.8 Å². The van der Waals surface area contributed by atoms with Crippen LogP contribution in [0.4, 0.5) is 0 Å². The maximum absolute atomic E-state index is 13.7. The Bertz CT molecular complexity index is 1750. The van der Waals surface area contributed by atoms with Crippen molar-refractivity contribution in [1.29, 1.82) is 0 Å². The van der Waals surface area contributed by atoms with Crippen LogP contribution in [-0.2, 0) is 38.0 Å². The minimum absolute atomic E-state index is 0.0325. The number of esters is 1. The molecular formula is C48H78O16. The monoisotopic (exact) mass is 911 g/mol. The lowest BCUT2D eigenvalue weighted by Crippen LogP contribution is -2.69. The van der Waals surface area contributed by atoms with Crippen molar-refractivity contribution in [2.24, 2.45) is 56.2 Å². The molecule has 0 aromatic heterocycles. The molecule has 4 heterocycles. The van der Waals surface area contributed by atoms with Crippen molar-refractivity contribution < 1.29 is 78.8 Å². The molecule has 4 aliphatic heterocycles. The molecule has 16 heteroatoms. The zero-order valence-electron chi connectivity index (χ0n) is 39.2. The van der Waals surface area contributed by atoms with Gasteiger partial charge in [0.15, 0.2) is 18.9 Å². The normalized spacial score (nSPS) is 57.7. The molecule has 8 N–H and O–H groups in total. The van der Waals surface area contributed by atoms with E-state index in [0.29, 0.717) is 18.3 Å². The number of fused-ring (bicyclic) bond motifs is 5. The SMILES string of the molecule is C[C@@H]1O[C@@H](O[C@H]2[C@H](O[C@H]3CC[C@@]4(C)C(CC[C@]5(C)C4CCC4C6[C@H]7OC(=O)[C@@]6(CCC7(C)C)CC[C@]45C)C3(C)C)O[C@H](CO)[C@@H](O[C@H]3O[C@@H](C)[C@H](O)[C@@H](O)[C@H]3O)[C@@H]2O)[C@H](O)[C@H](O)[C@H]1O. The summed E-state index contributed by atoms with van der Waals surface area (Å²) >= 11 is 0. The molecule has 4 unspecified atom stereocenters. The third-order valence-corrected chi connectivity index (χ3v) is 20.3. The first kappa shape index (κ1) is 48.0. The smallest absolute Gasteiger partial charge is 0.312 e. The third-order valence-electron chi connectivity index (χ3n) is 20.3. The lowest BCUT2D eigenvalue weighted by Gasteiger charge is -2.73. The lowest BCUT2D eigenvalue weighted by molar-refractivity contribution is -0.393. The number of carbonyl (C=O) groups is 1. The Morgan fingerprint density at radius 3 is 1.78 bits per heavy atom. The molecule has 0 amide bonds. The van der Waals surface area contributed by atoms with Crippen molar-refractivity contribution in [3.8, 4) is 0 Å². The molecule has 0 spiro atoms. The highest BCUT2D eigenvalue weighted by molar-refractivity contribution is 5.81. The molecule has 25 atom stereocenters. The van der Waals surface area contributed by atoms with Gasteiger partial charge in [-0.15, -0.1) is 0 Å². The second-order valence-corrected chi connectivity index (χ2v) is 23.9. The number of carbonyl (C=O) groups excluding carboxylic acids is 1. The van der Waals surface area contributed by atoms with Crippen molar-refractivity contribution in [3.05, 3.63) is 0 Å². The zero-order chi connectivity index (χ0) is 46.4. The Morgan fingerprint density at radius 2 is 1.17 bits per heavy atom. The summed E-state index contributed by atoms with van der Waals surface area (Å²) in [6, 6.07) is 0. The molecule has 9 rings (SSSR count). The van der Waals surface area contributed by atoms with Gasteiger partial charge in [-0.05, 0) is 117 Å². The second kappa shape index (κ2) is 16.2. The van der Waals surface area contributed by atoms with Gasteiger partial charge in [-0.25, -0.2) is 0 Å². The first-order valence-electron chi connectivity index (χ1n) is 24.4. The summed E-state index contributed by atoms with van der Waals surface area (Å²) in [5.41, 5.74) is -0.743. The van der Waals surface area contributed by atoms with E-state index in [1.165, 1.54) is 13.8 Å². The minimum atomic E-state index is -1.72. The highest BCUT2D eigenvalue weighted by Crippen LogP contribution is 2.78. The Kier molecular flexibility index (Phi) is 12.2. The number of hydrogen-bond donors (Lipinski definition) is 8. The van der Waals surface area contributed by atoms with E-state index in [1.807, 2.05) is 0 Å². The van der Waals surface area contributed by atoms with E-state index >= 15 is 0 Å². The summed E-state index contributed by atoms with van der Waals surface area (Å²) in [6.07, 6.45) is -12.6. The van der Waals surface area contributed by atoms with E-state index in [9.17, 15) is 45.6 Å². The van der Waals surface area contributed by atoms with Gasteiger partial charge in [0.25, 0.3) is 0 Å². The highest BCUT2D eigenvalue weighted by atomic mass is 16.8. The molecule has 5 saturated carbocycles.